The van der Waals surface area contributed by atoms with Gasteiger partial charge in [-0.05, 0) is 48.6 Å². The summed E-state index contributed by atoms with van der Waals surface area (Å²) in [4.78, 5) is 20.3. The Morgan fingerprint density at radius 1 is 1.04 bits per heavy atom. The van der Waals surface area contributed by atoms with Crippen molar-refractivity contribution in [2.45, 2.75) is 38.0 Å². The number of carbonyl (C=O) groups excluding carboxylic acids is 2. The zero-order valence-corrected chi connectivity index (χ0v) is 15.6. The topological polar surface area (TPSA) is 43.4 Å². The first-order chi connectivity index (χ1) is 12.4. The summed E-state index contributed by atoms with van der Waals surface area (Å²) < 4.78 is 104. The number of halogens is 9. The lowest BCUT2D eigenvalue weighted by Gasteiger charge is -2.17. The number of alkyl halides is 6. The van der Waals surface area contributed by atoms with Gasteiger partial charge in [0.15, 0.2) is 0 Å². The van der Waals surface area contributed by atoms with E-state index in [2.05, 4.69) is 17.2 Å². The van der Waals surface area contributed by atoms with Crippen LogP contribution in [-0.4, -0.2) is 49.5 Å². The van der Waals surface area contributed by atoms with Crippen LogP contribution < -0.4 is 0 Å². The first-order valence-corrected chi connectivity index (χ1v) is 9.99. The molecule has 0 N–H and O–H groups in total. The van der Waals surface area contributed by atoms with Crippen LogP contribution in [0.15, 0.2) is 11.6 Å². The number of ketones is 1. The molecular formula is C14H18BF9O3S. The predicted octanol–water partition coefficient (Wildman–Crippen LogP) is 4.55. The maximum atomic E-state index is 12.2. The third kappa shape index (κ3) is 12.9. The summed E-state index contributed by atoms with van der Waals surface area (Å²) >= 11 is 0. The van der Waals surface area contributed by atoms with Gasteiger partial charge in [0.05, 0.1) is 12.5 Å². The molecule has 0 heterocycles. The van der Waals surface area contributed by atoms with Gasteiger partial charge in [-0.2, -0.15) is 26.3 Å². The van der Waals surface area contributed by atoms with Crippen LogP contribution in [0.2, 0.25) is 0 Å². The van der Waals surface area contributed by atoms with E-state index in [4.69, 9.17) is 0 Å². The maximum absolute atomic E-state index is 12.2. The van der Waals surface area contributed by atoms with E-state index < -0.39 is 31.3 Å². The molecule has 164 valence electrons. The van der Waals surface area contributed by atoms with Crippen LogP contribution in [-0.2, 0) is 25.1 Å². The average Bonchev–Trinajstić information content (AvgIpc) is 3.27. The van der Waals surface area contributed by atoms with E-state index in [-0.39, 0.29) is 5.92 Å². The first-order valence-electron chi connectivity index (χ1n) is 7.78. The Hall–Kier alpha value is -1.34. The average molecular weight is 448 g/mol. The highest BCUT2D eigenvalue weighted by Gasteiger charge is 2.45. The largest absolute Gasteiger partial charge is 0.702 e. The molecule has 1 aliphatic carbocycles. The highest BCUT2D eigenvalue weighted by atomic mass is 32.2. The molecule has 1 fully saturated rings. The second kappa shape index (κ2) is 10.4. The monoisotopic (exact) mass is 448 g/mol. The quantitative estimate of drug-likeness (QED) is 0.249. The zero-order chi connectivity index (χ0) is 22.3. The minimum atomic E-state index is -6.18. The van der Waals surface area contributed by atoms with E-state index >= 15 is 0 Å². The van der Waals surface area contributed by atoms with Gasteiger partial charge in [0.25, 0.3) is 5.78 Å². The van der Waals surface area contributed by atoms with E-state index in [9.17, 15) is 48.9 Å². The molecule has 28 heavy (non-hydrogen) atoms. The molecule has 0 aromatic carbocycles. The summed E-state index contributed by atoms with van der Waals surface area (Å²) in [6.45, 7) is 0. The molecule has 3 nitrogen and oxygen atoms in total. The highest BCUT2D eigenvalue weighted by Crippen LogP contribution is 2.39. The Kier molecular flexibility index (Phi) is 9.95. The van der Waals surface area contributed by atoms with Crippen molar-refractivity contribution in [1.82, 2.24) is 0 Å². The van der Waals surface area contributed by atoms with Crippen LogP contribution in [0.3, 0.4) is 0 Å². The minimum absolute atomic E-state index is 0.233. The van der Waals surface area contributed by atoms with Gasteiger partial charge >= 0.3 is 25.5 Å². The van der Waals surface area contributed by atoms with Gasteiger partial charge < -0.3 is 17.6 Å². The van der Waals surface area contributed by atoms with Crippen molar-refractivity contribution in [3.8, 4) is 0 Å². The summed E-state index contributed by atoms with van der Waals surface area (Å²) in [6.07, 6.45) is -1.88. The number of rotatable bonds is 7. The molecule has 0 amide bonds. The number of hydrogen-bond acceptors (Lipinski definition) is 3. The second-order valence-corrected chi connectivity index (χ2v) is 8.45. The summed E-state index contributed by atoms with van der Waals surface area (Å²) in [6, 6.07) is 0. The standard InChI is InChI=1S/C12H18F3OS.C2BF6O2/c1-17(2)7-3-4-10(9-5-6-9)8-11(16)12(13,14)15;4-2(5,6)1(10)11-3(7,8)9/h8-9H,3-7H2,1-2H3;/q+1;-1/b10-8+;. The highest BCUT2D eigenvalue weighted by molar-refractivity contribution is 7.95. The Morgan fingerprint density at radius 3 is 1.82 bits per heavy atom. The number of allylic oxidation sites excluding steroid dienone is 2. The van der Waals surface area contributed by atoms with Gasteiger partial charge in [-0.15, -0.1) is 0 Å². The van der Waals surface area contributed by atoms with Gasteiger partial charge in [-0.25, -0.2) is 4.79 Å². The fourth-order valence-corrected chi connectivity index (χ4v) is 2.57. The van der Waals surface area contributed by atoms with Gasteiger partial charge in [0.2, 0.25) is 0 Å². The van der Waals surface area contributed by atoms with Crippen molar-refractivity contribution in [3.05, 3.63) is 11.6 Å². The summed E-state index contributed by atoms with van der Waals surface area (Å²) in [5.74, 6) is -3.70. The van der Waals surface area contributed by atoms with E-state index in [1.807, 2.05) is 0 Å². The molecule has 0 saturated heterocycles. The zero-order valence-electron chi connectivity index (χ0n) is 14.8. The molecule has 0 unspecified atom stereocenters. The fourth-order valence-electron chi connectivity index (χ4n) is 1.85. The van der Waals surface area contributed by atoms with E-state index in [0.717, 1.165) is 31.1 Å². The van der Waals surface area contributed by atoms with Gasteiger partial charge in [0, 0.05) is 0 Å². The van der Waals surface area contributed by atoms with Crippen molar-refractivity contribution in [2.24, 2.45) is 5.92 Å². The molecule has 0 bridgehead atoms. The Labute approximate surface area is 158 Å². The lowest BCUT2D eigenvalue weighted by Crippen LogP contribution is -2.34. The first kappa shape index (κ1) is 26.7. The Bertz CT molecular complexity index is 564. The van der Waals surface area contributed by atoms with Crippen molar-refractivity contribution >= 4 is 29.8 Å². The van der Waals surface area contributed by atoms with Crippen molar-refractivity contribution in [3.63, 3.8) is 0 Å². The van der Waals surface area contributed by atoms with Gasteiger partial charge in [-0.1, -0.05) is 5.57 Å². The maximum Gasteiger partial charge on any atom is 0.702 e. The molecule has 14 heteroatoms. The van der Waals surface area contributed by atoms with Crippen LogP contribution >= 0.6 is 0 Å². The predicted molar refractivity (Wildman–Crippen MR) is 86.4 cm³/mol. The molecule has 1 aliphatic rings. The van der Waals surface area contributed by atoms with Crippen LogP contribution in [0, 0.1) is 5.92 Å². The third-order valence-corrected chi connectivity index (χ3v) is 4.29. The van der Waals surface area contributed by atoms with Crippen molar-refractivity contribution in [1.29, 1.82) is 0 Å². The molecule has 0 atom stereocenters. The fraction of sp³-hybridized carbons (Fsp3) is 0.714. The summed E-state index contributed by atoms with van der Waals surface area (Å²) in [7, 11) is -5.87. The molecule has 0 aliphatic heterocycles. The van der Waals surface area contributed by atoms with Gasteiger partial charge in [-0.3, -0.25) is 4.79 Å². The van der Waals surface area contributed by atoms with E-state index in [1.165, 1.54) is 0 Å². The Morgan fingerprint density at radius 2 is 1.54 bits per heavy atom. The molecule has 0 aromatic heterocycles. The normalized spacial score (nSPS) is 15.8. The lowest BCUT2D eigenvalue weighted by atomic mass is 10.0. The molecule has 0 radical (unpaired) electrons. The smallest absolute Gasteiger partial charge is 0.602 e. The summed E-state index contributed by atoms with van der Waals surface area (Å²) in [5.41, 5.74) is 0.706. The van der Waals surface area contributed by atoms with Crippen molar-refractivity contribution in [2.75, 3.05) is 18.3 Å². The van der Waals surface area contributed by atoms with Crippen molar-refractivity contribution < 1.29 is 53.5 Å². The second-order valence-electron chi connectivity index (χ2n) is 6.07. The molecule has 0 spiro atoms. The molecule has 0 aromatic rings. The molecule has 1 rings (SSSR count). The van der Waals surface area contributed by atoms with Crippen LogP contribution in [0.4, 0.5) is 39.3 Å². The SMILES string of the molecule is C[S+](C)CCC/C(=C\C(=O)C(F)(F)F)C1CC1.O=C(O[B-](F)(F)F)C(F)(F)F. The summed E-state index contributed by atoms with van der Waals surface area (Å²) in [5, 5.41) is 0. The van der Waals surface area contributed by atoms with E-state index in [1.54, 1.807) is 0 Å². The number of carbonyl (C=O) groups is 2. The van der Waals surface area contributed by atoms with Crippen LogP contribution in [0.5, 0.6) is 0 Å². The van der Waals surface area contributed by atoms with Gasteiger partial charge in [0.1, 0.15) is 5.75 Å². The van der Waals surface area contributed by atoms with Crippen LogP contribution in [0.25, 0.3) is 0 Å². The molecular weight excluding hydrogens is 430 g/mol. The third-order valence-electron chi connectivity index (χ3n) is 3.19. The van der Waals surface area contributed by atoms with E-state index in [0.29, 0.717) is 22.9 Å². The lowest BCUT2D eigenvalue weighted by molar-refractivity contribution is -0.193. The number of hydrogen-bond donors (Lipinski definition) is 0. The molecule has 1 saturated carbocycles. The van der Waals surface area contributed by atoms with Crippen LogP contribution in [0.1, 0.15) is 25.7 Å². The minimum Gasteiger partial charge on any atom is -0.602 e. The Balaban J connectivity index is 0.000000576.